The Morgan fingerprint density at radius 1 is 1.22 bits per heavy atom. The fourth-order valence-corrected chi connectivity index (χ4v) is 1.92. The fraction of sp³-hybridized carbons (Fsp3) is 0.0769. The number of hydrogen-bond acceptors (Lipinski definition) is 7. The molecule has 1 aromatic carbocycles. The zero-order valence-electron chi connectivity index (χ0n) is 11.6. The number of nitrogens with two attached hydrogens (primary N) is 1. The average Bonchev–Trinajstić information content (AvgIpc) is 2.52. The molecule has 0 saturated heterocycles. The summed E-state index contributed by atoms with van der Waals surface area (Å²) in [6, 6.07) is 5.17. The molecule has 1 aromatic heterocycles. The van der Waals surface area contributed by atoms with Crippen molar-refractivity contribution in [2.45, 2.75) is 6.54 Å². The number of anilines is 1. The van der Waals surface area contributed by atoms with Gasteiger partial charge in [0, 0.05) is 31.1 Å². The maximum atomic E-state index is 11.2. The SMILES string of the molecule is NC(=O)c1cc([N+](=O)[O-])c(NCc2cccnc2)c([N+](=O)[O-])c1. The zero-order valence-corrected chi connectivity index (χ0v) is 11.6. The van der Waals surface area contributed by atoms with E-state index in [1.165, 1.54) is 6.20 Å². The third-order valence-corrected chi connectivity index (χ3v) is 2.97. The molecule has 0 atom stereocenters. The Balaban J connectivity index is 2.48. The Kier molecular flexibility index (Phi) is 4.45. The van der Waals surface area contributed by atoms with Crippen molar-refractivity contribution in [1.29, 1.82) is 0 Å². The van der Waals surface area contributed by atoms with E-state index in [1.54, 1.807) is 18.3 Å². The summed E-state index contributed by atoms with van der Waals surface area (Å²) in [5.74, 6) is -0.991. The first-order valence-corrected chi connectivity index (χ1v) is 6.29. The molecule has 2 rings (SSSR count). The summed E-state index contributed by atoms with van der Waals surface area (Å²) in [4.78, 5) is 35.8. The van der Waals surface area contributed by atoms with Crippen molar-refractivity contribution in [3.8, 4) is 0 Å². The largest absolute Gasteiger partial charge is 0.370 e. The number of carbonyl (C=O) groups excluding carboxylic acids is 1. The molecule has 0 aliphatic carbocycles. The van der Waals surface area contributed by atoms with Crippen molar-refractivity contribution in [3.05, 3.63) is 68.0 Å². The van der Waals surface area contributed by atoms with Crippen LogP contribution in [0.15, 0.2) is 36.7 Å². The van der Waals surface area contributed by atoms with Crippen molar-refractivity contribution in [2.24, 2.45) is 5.73 Å². The van der Waals surface area contributed by atoms with Crippen LogP contribution in [0.1, 0.15) is 15.9 Å². The number of amides is 1. The highest BCUT2D eigenvalue weighted by molar-refractivity contribution is 5.96. The van der Waals surface area contributed by atoms with Crippen molar-refractivity contribution >= 4 is 23.0 Å². The molecule has 1 amide bonds. The van der Waals surface area contributed by atoms with Crippen LogP contribution in [0, 0.1) is 20.2 Å². The fourth-order valence-electron chi connectivity index (χ4n) is 1.92. The normalized spacial score (nSPS) is 10.1. The van der Waals surface area contributed by atoms with E-state index in [0.29, 0.717) is 5.56 Å². The molecule has 1 heterocycles. The molecule has 0 spiro atoms. The highest BCUT2D eigenvalue weighted by Gasteiger charge is 2.27. The van der Waals surface area contributed by atoms with Gasteiger partial charge >= 0.3 is 0 Å². The van der Waals surface area contributed by atoms with Crippen molar-refractivity contribution in [2.75, 3.05) is 5.32 Å². The molecule has 0 bridgehead atoms. The second-order valence-electron chi connectivity index (χ2n) is 4.48. The lowest BCUT2D eigenvalue weighted by Gasteiger charge is -2.09. The number of aromatic nitrogens is 1. The minimum atomic E-state index is -0.991. The molecular formula is C13H11N5O5. The van der Waals surface area contributed by atoms with Crippen molar-refractivity contribution in [1.82, 2.24) is 4.98 Å². The monoisotopic (exact) mass is 317 g/mol. The first-order valence-electron chi connectivity index (χ1n) is 6.29. The second kappa shape index (κ2) is 6.47. The number of carbonyl (C=O) groups is 1. The van der Waals surface area contributed by atoms with Gasteiger partial charge in [0.05, 0.1) is 15.4 Å². The summed E-state index contributed by atoms with van der Waals surface area (Å²) in [5.41, 5.74) is 3.92. The van der Waals surface area contributed by atoms with Crippen LogP contribution < -0.4 is 11.1 Å². The van der Waals surface area contributed by atoms with Crippen LogP contribution >= 0.6 is 0 Å². The van der Waals surface area contributed by atoms with Crippen LogP contribution in [-0.4, -0.2) is 20.7 Å². The van der Waals surface area contributed by atoms with Gasteiger partial charge in [0.25, 0.3) is 11.4 Å². The van der Waals surface area contributed by atoms with Gasteiger partial charge < -0.3 is 11.1 Å². The Morgan fingerprint density at radius 3 is 2.26 bits per heavy atom. The van der Waals surface area contributed by atoms with Gasteiger partial charge in [-0.1, -0.05) is 6.07 Å². The highest BCUT2D eigenvalue weighted by atomic mass is 16.6. The lowest BCUT2D eigenvalue weighted by molar-refractivity contribution is -0.392. The van der Waals surface area contributed by atoms with Gasteiger partial charge in [0.2, 0.25) is 5.91 Å². The summed E-state index contributed by atoms with van der Waals surface area (Å²) in [5, 5.41) is 25.0. The molecule has 0 radical (unpaired) electrons. The molecule has 0 unspecified atom stereocenters. The number of rotatable bonds is 6. The Bertz CT molecular complexity index is 743. The summed E-state index contributed by atoms with van der Waals surface area (Å²) in [6.45, 7) is 0.0887. The number of nitro groups is 2. The maximum absolute atomic E-state index is 11.2. The van der Waals surface area contributed by atoms with E-state index in [-0.39, 0.29) is 17.8 Å². The van der Waals surface area contributed by atoms with Gasteiger partial charge in [-0.05, 0) is 11.6 Å². The molecule has 3 N–H and O–H groups in total. The smallest absolute Gasteiger partial charge is 0.300 e. The average molecular weight is 317 g/mol. The number of benzene rings is 1. The Morgan fingerprint density at radius 2 is 1.83 bits per heavy atom. The molecule has 10 nitrogen and oxygen atoms in total. The number of nitrogens with one attached hydrogen (secondary N) is 1. The van der Waals surface area contributed by atoms with E-state index in [1.807, 2.05) is 0 Å². The van der Waals surface area contributed by atoms with Crippen molar-refractivity contribution in [3.63, 3.8) is 0 Å². The second-order valence-corrected chi connectivity index (χ2v) is 4.48. The third kappa shape index (κ3) is 3.56. The molecule has 23 heavy (non-hydrogen) atoms. The van der Waals surface area contributed by atoms with Gasteiger partial charge in [-0.3, -0.25) is 30.0 Å². The van der Waals surface area contributed by atoms with Crippen LogP contribution in [0.4, 0.5) is 17.1 Å². The summed E-state index contributed by atoms with van der Waals surface area (Å²) in [6.07, 6.45) is 3.07. The molecular weight excluding hydrogens is 306 g/mol. The Hall–Kier alpha value is -3.56. The molecule has 0 aliphatic rings. The number of nitrogens with zero attached hydrogens (tertiary/aromatic N) is 3. The van der Waals surface area contributed by atoms with Gasteiger partial charge in [-0.15, -0.1) is 0 Å². The molecule has 118 valence electrons. The number of primary amides is 1. The molecule has 2 aromatic rings. The summed E-state index contributed by atoms with van der Waals surface area (Å²) < 4.78 is 0. The minimum absolute atomic E-state index is 0.0887. The van der Waals surface area contributed by atoms with Crippen LogP contribution in [-0.2, 0) is 6.54 Å². The molecule has 10 heteroatoms. The van der Waals surface area contributed by atoms with E-state index in [9.17, 15) is 25.0 Å². The minimum Gasteiger partial charge on any atom is -0.370 e. The van der Waals surface area contributed by atoms with E-state index in [0.717, 1.165) is 12.1 Å². The third-order valence-electron chi connectivity index (χ3n) is 2.97. The Labute approximate surface area is 129 Å². The van der Waals surface area contributed by atoms with Crippen LogP contribution in [0.5, 0.6) is 0 Å². The molecule has 0 fully saturated rings. The van der Waals surface area contributed by atoms with E-state index < -0.39 is 27.1 Å². The van der Waals surface area contributed by atoms with Gasteiger partial charge in [-0.25, -0.2) is 0 Å². The molecule has 0 aliphatic heterocycles. The highest BCUT2D eigenvalue weighted by Crippen LogP contribution is 2.35. The lowest BCUT2D eigenvalue weighted by atomic mass is 10.1. The van der Waals surface area contributed by atoms with Gasteiger partial charge in [-0.2, -0.15) is 0 Å². The van der Waals surface area contributed by atoms with E-state index in [4.69, 9.17) is 5.73 Å². The van der Waals surface area contributed by atoms with Gasteiger partial charge in [0.15, 0.2) is 5.69 Å². The number of nitro benzene ring substituents is 2. The van der Waals surface area contributed by atoms with Gasteiger partial charge in [0.1, 0.15) is 0 Å². The van der Waals surface area contributed by atoms with Crippen LogP contribution in [0.25, 0.3) is 0 Å². The number of pyridine rings is 1. The first kappa shape index (κ1) is 15.8. The first-order chi connectivity index (χ1) is 10.9. The predicted octanol–water partition coefficient (Wildman–Crippen LogP) is 1.61. The predicted molar refractivity (Wildman–Crippen MR) is 79.8 cm³/mol. The van der Waals surface area contributed by atoms with E-state index in [2.05, 4.69) is 10.3 Å². The lowest BCUT2D eigenvalue weighted by Crippen LogP contribution is -2.13. The number of hydrogen-bond donors (Lipinski definition) is 2. The molecule has 0 saturated carbocycles. The van der Waals surface area contributed by atoms with Crippen molar-refractivity contribution < 1.29 is 14.6 Å². The zero-order chi connectivity index (χ0) is 17.0. The van der Waals surface area contributed by atoms with Crippen LogP contribution in [0.2, 0.25) is 0 Å². The topological polar surface area (TPSA) is 154 Å². The quantitative estimate of drug-likeness (QED) is 0.605. The maximum Gasteiger partial charge on any atom is 0.300 e. The summed E-state index contributed by atoms with van der Waals surface area (Å²) in [7, 11) is 0. The van der Waals surface area contributed by atoms with E-state index >= 15 is 0 Å². The standard InChI is InChI=1S/C13H11N5O5/c14-13(19)9-4-10(17(20)21)12(11(5-9)18(22)23)16-7-8-2-1-3-15-6-8/h1-6,16H,7H2,(H2,14,19). The summed E-state index contributed by atoms with van der Waals surface area (Å²) >= 11 is 0. The van der Waals surface area contributed by atoms with Crippen LogP contribution in [0.3, 0.4) is 0 Å².